The van der Waals surface area contributed by atoms with Gasteiger partial charge in [0.05, 0.1) is 0 Å². The molecule has 0 saturated heterocycles. The monoisotopic (exact) mass is 499 g/mol. The summed E-state index contributed by atoms with van der Waals surface area (Å²) in [6.45, 7) is 15.6. The molecule has 0 heterocycles. The Morgan fingerprint density at radius 1 is 0.947 bits per heavy atom. The summed E-state index contributed by atoms with van der Waals surface area (Å²) >= 11 is 0. The number of nitrogens with zero attached hydrogens (tertiary/aromatic N) is 1. The molecule has 0 saturated carbocycles. The van der Waals surface area contributed by atoms with Crippen molar-refractivity contribution in [1.82, 2.24) is 0 Å². The van der Waals surface area contributed by atoms with Crippen LogP contribution in [0.5, 0.6) is 0 Å². The van der Waals surface area contributed by atoms with E-state index in [1.165, 1.54) is 39.2 Å². The Balaban J connectivity index is 1.87. The van der Waals surface area contributed by atoms with E-state index in [1.807, 2.05) is 0 Å². The zero-order chi connectivity index (χ0) is 27.1. The Morgan fingerprint density at radius 3 is 2.32 bits per heavy atom. The molecular formula is C37H41N. The van der Waals surface area contributed by atoms with Crippen molar-refractivity contribution in [3.05, 3.63) is 144 Å². The Kier molecular flexibility index (Phi) is 8.69. The van der Waals surface area contributed by atoms with Crippen LogP contribution < -0.4 is 4.90 Å². The van der Waals surface area contributed by atoms with Crippen molar-refractivity contribution in [2.45, 2.75) is 59.3 Å². The van der Waals surface area contributed by atoms with Crippen LogP contribution in [0.1, 0.15) is 58.6 Å². The van der Waals surface area contributed by atoms with E-state index in [0.29, 0.717) is 0 Å². The second kappa shape index (κ2) is 12.1. The third kappa shape index (κ3) is 6.00. The van der Waals surface area contributed by atoms with Crippen LogP contribution in [0, 0.1) is 0 Å². The van der Waals surface area contributed by atoms with E-state index in [2.05, 4.69) is 155 Å². The first kappa shape index (κ1) is 27.2. The Morgan fingerprint density at radius 2 is 1.63 bits per heavy atom. The number of hydrogen-bond acceptors (Lipinski definition) is 1. The van der Waals surface area contributed by atoms with Crippen LogP contribution in [0.3, 0.4) is 0 Å². The quantitative estimate of drug-likeness (QED) is 0.265. The lowest BCUT2D eigenvalue weighted by Gasteiger charge is -2.32. The van der Waals surface area contributed by atoms with Gasteiger partial charge in [0.1, 0.15) is 0 Å². The van der Waals surface area contributed by atoms with Crippen LogP contribution >= 0.6 is 0 Å². The van der Waals surface area contributed by atoms with E-state index < -0.39 is 0 Å². The normalized spacial score (nSPS) is 13.7. The first-order valence-electron chi connectivity index (χ1n) is 13.8. The predicted molar refractivity (Wildman–Crippen MR) is 167 cm³/mol. The van der Waals surface area contributed by atoms with Crippen LogP contribution in [-0.4, -0.2) is 0 Å². The molecule has 1 aliphatic carbocycles. The minimum absolute atomic E-state index is 0.181. The van der Waals surface area contributed by atoms with Crippen molar-refractivity contribution < 1.29 is 0 Å². The Labute approximate surface area is 230 Å². The van der Waals surface area contributed by atoms with Gasteiger partial charge in [0.25, 0.3) is 0 Å². The van der Waals surface area contributed by atoms with E-state index in [4.69, 9.17) is 0 Å². The van der Waals surface area contributed by atoms with Crippen molar-refractivity contribution >= 4 is 11.4 Å². The maximum Gasteiger partial charge on any atom is 0.0464 e. The number of benzene rings is 3. The first-order valence-corrected chi connectivity index (χ1v) is 13.8. The molecule has 194 valence electrons. The molecule has 0 aliphatic heterocycles. The van der Waals surface area contributed by atoms with Gasteiger partial charge in [-0.1, -0.05) is 112 Å². The molecule has 0 radical (unpaired) electrons. The van der Waals surface area contributed by atoms with Crippen molar-refractivity contribution in [3.8, 4) is 11.1 Å². The Bertz CT molecular complexity index is 1380. The van der Waals surface area contributed by atoms with Crippen molar-refractivity contribution in [2.75, 3.05) is 4.90 Å². The predicted octanol–water partition coefficient (Wildman–Crippen LogP) is 10.6. The highest BCUT2D eigenvalue weighted by Crippen LogP contribution is 2.40. The van der Waals surface area contributed by atoms with Gasteiger partial charge in [0, 0.05) is 22.5 Å². The van der Waals surface area contributed by atoms with Gasteiger partial charge >= 0.3 is 0 Å². The highest BCUT2D eigenvalue weighted by molar-refractivity contribution is 5.75. The highest BCUT2D eigenvalue weighted by Gasteiger charge is 2.27. The Hall–Kier alpha value is -3.84. The first-order chi connectivity index (χ1) is 18.3. The van der Waals surface area contributed by atoms with Gasteiger partial charge in [-0.3, -0.25) is 0 Å². The summed E-state index contributed by atoms with van der Waals surface area (Å²) in [4.78, 5) is 2.39. The molecule has 0 N–H and O–H groups in total. The second-order valence-electron chi connectivity index (χ2n) is 10.7. The van der Waals surface area contributed by atoms with Crippen molar-refractivity contribution in [2.24, 2.45) is 0 Å². The van der Waals surface area contributed by atoms with Crippen LogP contribution in [-0.2, 0) is 11.8 Å². The number of allylic oxidation sites excluding steroid dienone is 8. The number of hydrogen-bond donors (Lipinski definition) is 0. The maximum atomic E-state index is 4.45. The molecule has 3 aromatic rings. The largest absolute Gasteiger partial charge is 0.310 e. The van der Waals surface area contributed by atoms with Crippen LogP contribution in [0.15, 0.2) is 133 Å². The van der Waals surface area contributed by atoms with E-state index >= 15 is 0 Å². The van der Waals surface area contributed by atoms with Gasteiger partial charge in [-0.05, 0) is 90.9 Å². The molecule has 0 aromatic heterocycles. The molecule has 0 spiro atoms. The van der Waals surface area contributed by atoms with Crippen LogP contribution in [0.2, 0.25) is 0 Å². The fourth-order valence-electron chi connectivity index (χ4n) is 5.16. The lowest BCUT2D eigenvalue weighted by molar-refractivity contribution is 0.630. The third-order valence-corrected chi connectivity index (χ3v) is 7.44. The summed E-state index contributed by atoms with van der Waals surface area (Å²) in [6, 6.07) is 26.5. The van der Waals surface area contributed by atoms with Crippen LogP contribution in [0.4, 0.5) is 11.4 Å². The van der Waals surface area contributed by atoms with Crippen LogP contribution in [0.25, 0.3) is 11.1 Å². The SMILES string of the molecule is C=C(/C=C\C)C(C)(C)c1cc(N(C2=CC=CCC(C)=C2)c2ccc(-c3ccccc3)cc2)ccc1CCC. The molecule has 0 unspecified atom stereocenters. The number of aryl methyl sites for hydroxylation is 1. The standard InChI is InChI=1S/C37H41N/c1-7-14-29(4)37(5,6)36-27-35(25-22-32(36)15-8-2)38(34-19-13-12-16-28(3)26-34)33-23-20-31(21-24-33)30-17-10-9-11-18-30/h7,9-14,17-27H,4,8,15-16H2,1-3,5-6H3/b14-7-. The lowest BCUT2D eigenvalue weighted by atomic mass is 9.75. The van der Waals surface area contributed by atoms with Crippen molar-refractivity contribution in [3.63, 3.8) is 0 Å². The van der Waals surface area contributed by atoms with E-state index in [-0.39, 0.29) is 5.41 Å². The summed E-state index contributed by atoms with van der Waals surface area (Å²) in [5.41, 5.74) is 11.0. The maximum absolute atomic E-state index is 4.45. The second-order valence-corrected chi connectivity index (χ2v) is 10.7. The van der Waals surface area contributed by atoms with Gasteiger partial charge in [0.15, 0.2) is 0 Å². The van der Waals surface area contributed by atoms with Crippen molar-refractivity contribution in [1.29, 1.82) is 0 Å². The molecule has 0 atom stereocenters. The summed E-state index contributed by atoms with van der Waals surface area (Å²) in [7, 11) is 0. The minimum Gasteiger partial charge on any atom is -0.310 e. The average molecular weight is 500 g/mol. The molecule has 1 nitrogen and oxygen atoms in total. The third-order valence-electron chi connectivity index (χ3n) is 7.44. The minimum atomic E-state index is -0.181. The smallest absolute Gasteiger partial charge is 0.0464 e. The average Bonchev–Trinajstić information content (AvgIpc) is 3.14. The zero-order valence-corrected chi connectivity index (χ0v) is 23.7. The van der Waals surface area contributed by atoms with E-state index in [0.717, 1.165) is 30.5 Å². The summed E-state index contributed by atoms with van der Waals surface area (Å²) < 4.78 is 0. The fourth-order valence-corrected chi connectivity index (χ4v) is 5.16. The molecule has 38 heavy (non-hydrogen) atoms. The molecule has 4 rings (SSSR count). The fraction of sp³-hybridized carbons (Fsp3) is 0.243. The topological polar surface area (TPSA) is 3.24 Å². The van der Waals surface area contributed by atoms with Gasteiger partial charge in [-0.15, -0.1) is 0 Å². The summed E-state index contributed by atoms with van der Waals surface area (Å²) in [5, 5.41) is 0. The number of rotatable bonds is 9. The molecule has 0 fully saturated rings. The molecule has 3 aromatic carbocycles. The van der Waals surface area contributed by atoms with Gasteiger partial charge in [-0.25, -0.2) is 0 Å². The summed E-state index contributed by atoms with van der Waals surface area (Å²) in [5.74, 6) is 0. The van der Waals surface area contributed by atoms with Gasteiger partial charge in [0.2, 0.25) is 0 Å². The van der Waals surface area contributed by atoms with E-state index in [1.54, 1.807) is 0 Å². The number of anilines is 2. The summed E-state index contributed by atoms with van der Waals surface area (Å²) in [6.07, 6.45) is 16.3. The highest BCUT2D eigenvalue weighted by atomic mass is 15.1. The molecule has 1 aliphatic rings. The van der Waals surface area contributed by atoms with Gasteiger partial charge < -0.3 is 4.90 Å². The van der Waals surface area contributed by atoms with E-state index in [9.17, 15) is 0 Å². The zero-order valence-electron chi connectivity index (χ0n) is 23.7. The molecular weight excluding hydrogens is 458 g/mol. The lowest BCUT2D eigenvalue weighted by Crippen LogP contribution is -2.23. The van der Waals surface area contributed by atoms with Gasteiger partial charge in [-0.2, -0.15) is 0 Å². The molecule has 0 amide bonds. The molecule has 0 bridgehead atoms. The molecule has 1 heteroatoms.